The number of benzene rings is 1. The molecule has 2 atom stereocenters. The van der Waals surface area contributed by atoms with E-state index in [0.29, 0.717) is 12.8 Å². The van der Waals surface area contributed by atoms with Crippen molar-refractivity contribution in [3.63, 3.8) is 0 Å². The van der Waals surface area contributed by atoms with Crippen LogP contribution in [0.3, 0.4) is 0 Å². The Morgan fingerprint density at radius 2 is 1.78 bits per heavy atom. The summed E-state index contributed by atoms with van der Waals surface area (Å²) in [4.78, 5) is 11.0. The molecule has 0 saturated heterocycles. The Morgan fingerprint density at radius 3 is 2.22 bits per heavy atom. The van der Waals surface area contributed by atoms with Crippen molar-refractivity contribution in [2.45, 2.75) is 51.5 Å². The lowest BCUT2D eigenvalue weighted by molar-refractivity contribution is -0.143. The van der Waals surface area contributed by atoms with Crippen LogP contribution in [0.1, 0.15) is 45.1 Å². The van der Waals surface area contributed by atoms with E-state index >= 15 is 0 Å². The van der Waals surface area contributed by atoms with E-state index in [1.807, 2.05) is 6.92 Å². The van der Waals surface area contributed by atoms with Gasteiger partial charge in [-0.1, -0.05) is 19.8 Å². The standard InChI is InChI=1S/C16H21F4NO2/c1-3-9(8-16(2,21)15(22)23)5-4-6-10-13(19)11(17)7-12(18)14(10)20/h7,9H,3-6,8,21H2,1-2H3,(H,22,23). The van der Waals surface area contributed by atoms with Gasteiger partial charge in [-0.3, -0.25) is 4.79 Å². The summed E-state index contributed by atoms with van der Waals surface area (Å²) in [5.74, 6) is -6.80. The van der Waals surface area contributed by atoms with Crippen molar-refractivity contribution in [2.24, 2.45) is 11.7 Å². The Kier molecular flexibility index (Phi) is 6.56. The topological polar surface area (TPSA) is 63.3 Å². The molecule has 0 amide bonds. The molecule has 0 saturated carbocycles. The molecule has 0 aliphatic rings. The summed E-state index contributed by atoms with van der Waals surface area (Å²) in [6, 6.07) is 0.176. The summed E-state index contributed by atoms with van der Waals surface area (Å²) < 4.78 is 53.3. The normalized spacial score (nSPS) is 15.3. The van der Waals surface area contributed by atoms with Crippen LogP contribution in [0, 0.1) is 29.2 Å². The molecule has 3 nitrogen and oxygen atoms in total. The molecule has 7 heteroatoms. The zero-order valence-electron chi connectivity index (χ0n) is 13.1. The van der Waals surface area contributed by atoms with Crippen LogP contribution in [-0.4, -0.2) is 16.6 Å². The van der Waals surface area contributed by atoms with Gasteiger partial charge in [-0.25, -0.2) is 17.6 Å². The van der Waals surface area contributed by atoms with Crippen molar-refractivity contribution in [3.05, 3.63) is 34.9 Å². The van der Waals surface area contributed by atoms with E-state index in [1.165, 1.54) is 6.92 Å². The van der Waals surface area contributed by atoms with Crippen LogP contribution in [0.15, 0.2) is 6.07 Å². The van der Waals surface area contributed by atoms with Crippen molar-refractivity contribution in [1.82, 2.24) is 0 Å². The molecule has 130 valence electrons. The zero-order chi connectivity index (χ0) is 17.8. The summed E-state index contributed by atoms with van der Waals surface area (Å²) in [5, 5.41) is 9.02. The number of rotatable bonds is 8. The van der Waals surface area contributed by atoms with E-state index in [9.17, 15) is 22.4 Å². The van der Waals surface area contributed by atoms with Gasteiger partial charge in [0.1, 0.15) is 5.54 Å². The van der Waals surface area contributed by atoms with E-state index in [0.717, 1.165) is 0 Å². The second-order valence-corrected chi connectivity index (χ2v) is 6.04. The van der Waals surface area contributed by atoms with E-state index in [-0.39, 0.29) is 31.2 Å². The second-order valence-electron chi connectivity index (χ2n) is 6.04. The predicted octanol–water partition coefficient (Wildman–Crippen LogP) is 3.78. The molecule has 0 bridgehead atoms. The van der Waals surface area contributed by atoms with Crippen molar-refractivity contribution in [1.29, 1.82) is 0 Å². The Hall–Kier alpha value is -1.63. The maximum atomic E-state index is 13.5. The number of nitrogens with two attached hydrogens (primary N) is 1. The zero-order valence-corrected chi connectivity index (χ0v) is 13.1. The van der Waals surface area contributed by atoms with Gasteiger partial charge in [0.25, 0.3) is 0 Å². The first-order valence-corrected chi connectivity index (χ1v) is 7.44. The first kappa shape index (κ1) is 19.4. The highest BCUT2D eigenvalue weighted by molar-refractivity contribution is 5.77. The molecular weight excluding hydrogens is 314 g/mol. The molecule has 1 aromatic rings. The van der Waals surface area contributed by atoms with Gasteiger partial charge in [-0.15, -0.1) is 0 Å². The quantitative estimate of drug-likeness (QED) is 0.561. The Bertz CT molecular complexity index is 549. The highest BCUT2D eigenvalue weighted by atomic mass is 19.2. The van der Waals surface area contributed by atoms with Crippen LogP contribution in [0.4, 0.5) is 17.6 Å². The monoisotopic (exact) mass is 335 g/mol. The number of hydrogen-bond acceptors (Lipinski definition) is 2. The third-order valence-corrected chi connectivity index (χ3v) is 4.02. The van der Waals surface area contributed by atoms with Crippen LogP contribution in [-0.2, 0) is 11.2 Å². The summed E-state index contributed by atoms with van der Waals surface area (Å²) in [5.41, 5.74) is 3.68. The van der Waals surface area contributed by atoms with Gasteiger partial charge < -0.3 is 10.8 Å². The second kappa shape index (κ2) is 7.77. The average Bonchev–Trinajstić information content (AvgIpc) is 2.47. The van der Waals surface area contributed by atoms with Gasteiger partial charge in [-0.05, 0) is 32.1 Å². The SMILES string of the molecule is CCC(CCCc1c(F)c(F)cc(F)c1F)CC(C)(N)C(=O)O. The average molecular weight is 335 g/mol. The van der Waals surface area contributed by atoms with Gasteiger partial charge in [-0.2, -0.15) is 0 Å². The molecule has 1 rings (SSSR count). The molecule has 0 aliphatic heterocycles. The van der Waals surface area contributed by atoms with Crippen molar-refractivity contribution in [3.8, 4) is 0 Å². The Labute approximate surface area is 132 Å². The number of carboxylic acids is 1. The van der Waals surface area contributed by atoms with Crippen LogP contribution >= 0.6 is 0 Å². The van der Waals surface area contributed by atoms with Gasteiger partial charge in [0, 0.05) is 11.6 Å². The molecule has 0 spiro atoms. The summed E-state index contributed by atoms with van der Waals surface area (Å²) in [6.45, 7) is 3.25. The molecule has 0 aromatic heterocycles. The van der Waals surface area contributed by atoms with E-state index < -0.39 is 40.3 Å². The fourth-order valence-corrected chi connectivity index (χ4v) is 2.55. The minimum absolute atomic E-state index is 0.0642. The fourth-order valence-electron chi connectivity index (χ4n) is 2.55. The lowest BCUT2D eigenvalue weighted by atomic mass is 9.85. The van der Waals surface area contributed by atoms with Crippen molar-refractivity contribution in [2.75, 3.05) is 0 Å². The molecule has 0 heterocycles. The van der Waals surface area contributed by atoms with Crippen molar-refractivity contribution < 1.29 is 27.5 Å². The Morgan fingerprint density at radius 1 is 1.26 bits per heavy atom. The van der Waals surface area contributed by atoms with Crippen LogP contribution in [0.25, 0.3) is 0 Å². The highest BCUT2D eigenvalue weighted by Gasteiger charge is 2.30. The van der Waals surface area contributed by atoms with Gasteiger partial charge in [0.2, 0.25) is 0 Å². The Balaban J connectivity index is 2.71. The number of carbonyl (C=O) groups is 1. The molecule has 23 heavy (non-hydrogen) atoms. The summed E-state index contributed by atoms with van der Waals surface area (Å²) in [6.07, 6.45) is 1.40. The number of aliphatic carboxylic acids is 1. The third-order valence-electron chi connectivity index (χ3n) is 4.02. The smallest absolute Gasteiger partial charge is 0.323 e. The fraction of sp³-hybridized carbons (Fsp3) is 0.562. The highest BCUT2D eigenvalue weighted by Crippen LogP contribution is 2.25. The predicted molar refractivity (Wildman–Crippen MR) is 77.8 cm³/mol. The molecule has 2 unspecified atom stereocenters. The van der Waals surface area contributed by atoms with E-state index in [2.05, 4.69) is 0 Å². The maximum absolute atomic E-state index is 13.5. The van der Waals surface area contributed by atoms with E-state index in [1.54, 1.807) is 0 Å². The lowest BCUT2D eigenvalue weighted by Crippen LogP contribution is -2.46. The summed E-state index contributed by atoms with van der Waals surface area (Å²) >= 11 is 0. The number of hydrogen-bond donors (Lipinski definition) is 2. The maximum Gasteiger partial charge on any atom is 0.323 e. The minimum atomic E-state index is -1.42. The molecule has 3 N–H and O–H groups in total. The number of halogens is 4. The van der Waals surface area contributed by atoms with Crippen LogP contribution in [0.5, 0.6) is 0 Å². The van der Waals surface area contributed by atoms with E-state index in [4.69, 9.17) is 10.8 Å². The molecule has 1 aromatic carbocycles. The minimum Gasteiger partial charge on any atom is -0.480 e. The van der Waals surface area contributed by atoms with Gasteiger partial charge in [0.05, 0.1) is 0 Å². The molecular formula is C16H21F4NO2. The molecule has 0 fully saturated rings. The lowest BCUT2D eigenvalue weighted by Gasteiger charge is -2.25. The number of carboxylic acid groups (broad SMARTS) is 1. The molecule has 0 radical (unpaired) electrons. The van der Waals surface area contributed by atoms with Gasteiger partial charge in [0.15, 0.2) is 23.3 Å². The largest absolute Gasteiger partial charge is 0.480 e. The first-order valence-electron chi connectivity index (χ1n) is 7.44. The molecule has 0 aliphatic carbocycles. The third kappa shape index (κ3) is 4.92. The van der Waals surface area contributed by atoms with Crippen molar-refractivity contribution >= 4 is 5.97 Å². The summed E-state index contributed by atoms with van der Waals surface area (Å²) in [7, 11) is 0. The van der Waals surface area contributed by atoms with Crippen LogP contribution in [0.2, 0.25) is 0 Å². The van der Waals surface area contributed by atoms with Crippen LogP contribution < -0.4 is 5.73 Å². The van der Waals surface area contributed by atoms with Gasteiger partial charge >= 0.3 is 5.97 Å². The first-order chi connectivity index (χ1) is 10.6.